The van der Waals surface area contributed by atoms with Crippen molar-refractivity contribution < 1.29 is 9.53 Å². The number of benzene rings is 1. The minimum absolute atomic E-state index is 0.0317. The molecule has 0 N–H and O–H groups in total. The maximum absolute atomic E-state index is 13.0. The molecule has 1 aromatic carbocycles. The summed E-state index contributed by atoms with van der Waals surface area (Å²) >= 11 is 6.30. The van der Waals surface area contributed by atoms with Crippen molar-refractivity contribution in [2.75, 3.05) is 37.7 Å². The summed E-state index contributed by atoms with van der Waals surface area (Å²) in [5, 5.41) is 0.729. The highest BCUT2D eigenvalue weighted by Crippen LogP contribution is 2.37. The SMILES string of the molecule is CC1Cc2c(Cl)cccc2N1C(=O)CC1=NCCC(N2CCOCC2)=N1. The summed E-state index contributed by atoms with van der Waals surface area (Å²) < 4.78 is 5.41. The lowest BCUT2D eigenvalue weighted by Gasteiger charge is -2.31. The molecule has 26 heavy (non-hydrogen) atoms. The van der Waals surface area contributed by atoms with Gasteiger partial charge in [0.15, 0.2) is 0 Å². The minimum atomic E-state index is 0.0317. The van der Waals surface area contributed by atoms with Gasteiger partial charge in [0, 0.05) is 42.8 Å². The van der Waals surface area contributed by atoms with Gasteiger partial charge in [0.25, 0.3) is 0 Å². The highest BCUT2D eigenvalue weighted by Gasteiger charge is 2.33. The average molecular weight is 375 g/mol. The van der Waals surface area contributed by atoms with Gasteiger partial charge in [-0.3, -0.25) is 9.79 Å². The summed E-state index contributed by atoms with van der Waals surface area (Å²) in [6.45, 7) is 5.92. The Hall–Kier alpha value is -1.92. The van der Waals surface area contributed by atoms with Gasteiger partial charge in [-0.05, 0) is 31.0 Å². The van der Waals surface area contributed by atoms with Crippen LogP contribution < -0.4 is 4.90 Å². The molecule has 0 aromatic heterocycles. The summed E-state index contributed by atoms with van der Waals surface area (Å²) in [5.74, 6) is 1.69. The quantitative estimate of drug-likeness (QED) is 0.799. The zero-order chi connectivity index (χ0) is 18.1. The van der Waals surface area contributed by atoms with Gasteiger partial charge in [0.05, 0.1) is 19.6 Å². The molecule has 1 amide bonds. The molecule has 138 valence electrons. The van der Waals surface area contributed by atoms with Gasteiger partial charge in [0.2, 0.25) is 5.91 Å². The number of ether oxygens (including phenoxy) is 1. The van der Waals surface area contributed by atoms with Gasteiger partial charge in [-0.2, -0.15) is 0 Å². The molecule has 4 rings (SSSR count). The first kappa shape index (κ1) is 17.5. The molecule has 1 saturated heterocycles. The number of amidine groups is 2. The third kappa shape index (κ3) is 3.35. The number of halogens is 1. The summed E-state index contributed by atoms with van der Waals surface area (Å²) in [6, 6.07) is 5.84. The Kier molecular flexibility index (Phi) is 4.96. The van der Waals surface area contributed by atoms with Crippen molar-refractivity contribution in [2.45, 2.75) is 32.2 Å². The number of hydrogen-bond donors (Lipinski definition) is 0. The van der Waals surface area contributed by atoms with Crippen molar-refractivity contribution in [3.8, 4) is 0 Å². The maximum atomic E-state index is 13.0. The molecule has 0 bridgehead atoms. The van der Waals surface area contributed by atoms with E-state index >= 15 is 0 Å². The van der Waals surface area contributed by atoms with Crippen LogP contribution in [0.15, 0.2) is 28.2 Å². The molecule has 1 aromatic rings. The normalized spacial score (nSPS) is 22.8. The van der Waals surface area contributed by atoms with Crippen molar-refractivity contribution >= 4 is 34.9 Å². The van der Waals surface area contributed by atoms with E-state index in [4.69, 9.17) is 16.3 Å². The van der Waals surface area contributed by atoms with E-state index < -0.39 is 0 Å². The van der Waals surface area contributed by atoms with Crippen LogP contribution in [0.3, 0.4) is 0 Å². The Balaban J connectivity index is 1.49. The van der Waals surface area contributed by atoms with Gasteiger partial charge in [-0.1, -0.05) is 17.7 Å². The summed E-state index contributed by atoms with van der Waals surface area (Å²) in [7, 11) is 0. The van der Waals surface area contributed by atoms with Crippen LogP contribution >= 0.6 is 11.6 Å². The molecule has 3 aliphatic heterocycles. The molecule has 0 radical (unpaired) electrons. The summed E-state index contributed by atoms with van der Waals surface area (Å²) in [6.07, 6.45) is 1.84. The maximum Gasteiger partial charge on any atom is 0.234 e. The van der Waals surface area contributed by atoms with Crippen LogP contribution in [0.1, 0.15) is 25.3 Å². The molecule has 3 aliphatic rings. The number of amides is 1. The van der Waals surface area contributed by atoms with E-state index in [0.717, 1.165) is 61.3 Å². The predicted molar refractivity (Wildman–Crippen MR) is 103 cm³/mol. The molecule has 1 unspecified atom stereocenters. The van der Waals surface area contributed by atoms with Crippen LogP contribution in [0, 0.1) is 0 Å². The minimum Gasteiger partial charge on any atom is -0.378 e. The highest BCUT2D eigenvalue weighted by molar-refractivity contribution is 6.32. The predicted octanol–water partition coefficient (Wildman–Crippen LogP) is 2.54. The molecule has 3 heterocycles. The lowest BCUT2D eigenvalue weighted by Crippen LogP contribution is -2.42. The van der Waals surface area contributed by atoms with Crippen molar-refractivity contribution in [3.63, 3.8) is 0 Å². The Morgan fingerprint density at radius 3 is 2.96 bits per heavy atom. The largest absolute Gasteiger partial charge is 0.378 e. The van der Waals surface area contributed by atoms with E-state index in [0.29, 0.717) is 12.4 Å². The lowest BCUT2D eigenvalue weighted by atomic mass is 10.1. The van der Waals surface area contributed by atoms with Gasteiger partial charge in [-0.25, -0.2) is 4.99 Å². The fourth-order valence-corrected chi connectivity index (χ4v) is 4.12. The van der Waals surface area contributed by atoms with Crippen molar-refractivity contribution in [3.05, 3.63) is 28.8 Å². The first-order valence-electron chi connectivity index (χ1n) is 9.16. The molecular formula is C19H23ClN4O2. The molecular weight excluding hydrogens is 352 g/mol. The summed E-state index contributed by atoms with van der Waals surface area (Å²) in [4.78, 5) is 26.2. The van der Waals surface area contributed by atoms with E-state index in [1.54, 1.807) is 0 Å². The average Bonchev–Trinajstić information content (AvgIpc) is 3.00. The fraction of sp³-hybridized carbons (Fsp3) is 0.526. The smallest absolute Gasteiger partial charge is 0.234 e. The Bertz CT molecular complexity index is 771. The van der Waals surface area contributed by atoms with Crippen LogP contribution in [0.25, 0.3) is 0 Å². The fourth-order valence-electron chi connectivity index (χ4n) is 3.87. The van der Waals surface area contributed by atoms with Gasteiger partial charge in [-0.15, -0.1) is 0 Å². The van der Waals surface area contributed by atoms with Gasteiger partial charge in [0.1, 0.15) is 11.7 Å². The topological polar surface area (TPSA) is 57.5 Å². The van der Waals surface area contributed by atoms with E-state index in [-0.39, 0.29) is 18.4 Å². The van der Waals surface area contributed by atoms with Crippen LogP contribution in [-0.2, 0) is 16.0 Å². The van der Waals surface area contributed by atoms with Gasteiger partial charge >= 0.3 is 0 Å². The number of fused-ring (bicyclic) bond motifs is 1. The number of nitrogens with zero attached hydrogens (tertiary/aromatic N) is 4. The molecule has 0 aliphatic carbocycles. The number of anilines is 1. The number of morpholine rings is 1. The third-order valence-electron chi connectivity index (χ3n) is 5.14. The number of carbonyl (C=O) groups excluding carboxylic acids is 1. The summed E-state index contributed by atoms with van der Waals surface area (Å²) in [5.41, 5.74) is 1.97. The Morgan fingerprint density at radius 2 is 2.15 bits per heavy atom. The van der Waals surface area contributed by atoms with Crippen LogP contribution in [0.5, 0.6) is 0 Å². The number of hydrogen-bond acceptors (Lipinski definition) is 5. The monoisotopic (exact) mass is 374 g/mol. The first-order chi connectivity index (χ1) is 12.6. The number of aliphatic imine (C=N–C) groups is 2. The Morgan fingerprint density at radius 1 is 1.35 bits per heavy atom. The van der Waals surface area contributed by atoms with Crippen LogP contribution in [-0.4, -0.2) is 61.4 Å². The van der Waals surface area contributed by atoms with Crippen molar-refractivity contribution in [2.24, 2.45) is 9.98 Å². The zero-order valence-electron chi connectivity index (χ0n) is 14.9. The lowest BCUT2D eigenvalue weighted by molar-refractivity contribution is -0.117. The number of rotatable bonds is 2. The number of carbonyl (C=O) groups is 1. The van der Waals surface area contributed by atoms with E-state index in [1.807, 2.05) is 23.1 Å². The van der Waals surface area contributed by atoms with Crippen LogP contribution in [0.2, 0.25) is 5.02 Å². The van der Waals surface area contributed by atoms with E-state index in [1.165, 1.54) is 0 Å². The first-order valence-corrected chi connectivity index (χ1v) is 9.54. The van der Waals surface area contributed by atoms with Gasteiger partial charge < -0.3 is 14.5 Å². The second-order valence-electron chi connectivity index (χ2n) is 6.91. The zero-order valence-corrected chi connectivity index (χ0v) is 15.7. The molecule has 7 heteroatoms. The van der Waals surface area contributed by atoms with E-state index in [2.05, 4.69) is 21.8 Å². The highest BCUT2D eigenvalue weighted by atomic mass is 35.5. The third-order valence-corrected chi connectivity index (χ3v) is 5.49. The molecule has 0 spiro atoms. The molecule has 6 nitrogen and oxygen atoms in total. The van der Waals surface area contributed by atoms with Crippen molar-refractivity contribution in [1.82, 2.24) is 4.90 Å². The molecule has 0 saturated carbocycles. The van der Waals surface area contributed by atoms with E-state index in [9.17, 15) is 4.79 Å². The van der Waals surface area contributed by atoms with Crippen molar-refractivity contribution in [1.29, 1.82) is 0 Å². The molecule has 1 atom stereocenters. The Labute approximate surface area is 158 Å². The van der Waals surface area contributed by atoms with Crippen LogP contribution in [0.4, 0.5) is 5.69 Å². The molecule has 1 fully saturated rings. The standard InChI is InChI=1S/C19H23ClN4O2/c1-13-11-14-15(20)3-2-4-16(14)24(13)19(25)12-17-21-6-5-18(22-17)23-7-9-26-10-8-23/h2-4,13H,5-12H2,1H3. The second kappa shape index (κ2) is 7.37. The second-order valence-corrected chi connectivity index (χ2v) is 7.31.